The fourth-order valence-electron chi connectivity index (χ4n) is 3.26. The number of aromatic nitrogens is 2. The van der Waals surface area contributed by atoms with E-state index in [2.05, 4.69) is 25.9 Å². The van der Waals surface area contributed by atoms with E-state index in [0.717, 1.165) is 6.20 Å². The van der Waals surface area contributed by atoms with Gasteiger partial charge in [0.15, 0.2) is 17.2 Å². The zero-order valence-corrected chi connectivity index (χ0v) is 19.3. The van der Waals surface area contributed by atoms with Gasteiger partial charge >= 0.3 is 6.09 Å². The first-order chi connectivity index (χ1) is 17.1. The number of halogens is 2. The van der Waals surface area contributed by atoms with Crippen LogP contribution in [-0.2, 0) is 9.53 Å². The second-order valence-electron chi connectivity index (χ2n) is 7.78. The minimum Gasteiger partial charge on any atom is -0.475 e. The Morgan fingerprint density at radius 2 is 2.11 bits per heavy atom. The summed E-state index contributed by atoms with van der Waals surface area (Å²) in [4.78, 5) is 42.4. The molecule has 0 radical (unpaired) electrons. The van der Waals surface area contributed by atoms with Gasteiger partial charge in [0.1, 0.15) is 5.75 Å². The van der Waals surface area contributed by atoms with Crippen molar-refractivity contribution < 1.29 is 28.4 Å². The van der Waals surface area contributed by atoms with Crippen LogP contribution in [0.15, 0.2) is 48.7 Å². The predicted molar refractivity (Wildman–Crippen MR) is 127 cm³/mol. The maximum absolute atomic E-state index is 13.9. The molecule has 0 bridgehead atoms. The number of nitro groups is 1. The molecule has 1 aromatic heterocycles. The number of carbonyl (C=O) groups is 2. The molecular formula is C22H18ClFN6O6. The van der Waals surface area contributed by atoms with Crippen molar-refractivity contribution in [2.75, 3.05) is 22.6 Å². The summed E-state index contributed by atoms with van der Waals surface area (Å²) in [6.07, 6.45) is 0.104. The van der Waals surface area contributed by atoms with Crippen molar-refractivity contribution in [3.05, 3.63) is 69.9 Å². The number of fused-ring (bicyclic) bond motifs is 1. The summed E-state index contributed by atoms with van der Waals surface area (Å²) in [6.45, 7) is 1.37. The number of nitro benzene ring substituents is 1. The highest BCUT2D eigenvalue weighted by Gasteiger charge is 2.40. The lowest BCUT2D eigenvalue weighted by atomic mass is 9.99. The number of benzene rings is 2. The summed E-state index contributed by atoms with van der Waals surface area (Å²) >= 11 is 5.70. The molecule has 1 unspecified atom stereocenters. The van der Waals surface area contributed by atoms with Crippen LogP contribution in [0.5, 0.6) is 5.75 Å². The van der Waals surface area contributed by atoms with Crippen LogP contribution in [0, 0.1) is 15.9 Å². The van der Waals surface area contributed by atoms with E-state index in [4.69, 9.17) is 21.1 Å². The summed E-state index contributed by atoms with van der Waals surface area (Å²) < 4.78 is 24.9. The Bertz CT molecular complexity index is 1360. The van der Waals surface area contributed by atoms with Gasteiger partial charge in [0.25, 0.3) is 11.6 Å². The van der Waals surface area contributed by atoms with E-state index < -0.39 is 28.3 Å². The molecule has 12 nitrogen and oxygen atoms in total. The molecule has 1 aliphatic heterocycles. The SMILES string of the molecule is CC1(CCOC(=O)Nc2cccc([N+](=O)[O-])c2)Oc2ccc(Nc3nc(Cl)ncc3F)cc2NC1=O. The van der Waals surface area contributed by atoms with Gasteiger partial charge in [-0.05, 0) is 42.8 Å². The van der Waals surface area contributed by atoms with E-state index >= 15 is 0 Å². The number of hydrogen-bond acceptors (Lipinski definition) is 9. The Balaban J connectivity index is 1.36. The molecule has 0 saturated heterocycles. The van der Waals surface area contributed by atoms with Crippen LogP contribution >= 0.6 is 11.6 Å². The standard InChI is InChI=1S/C22H18ClFN6O6/c1-22(7-8-35-21(32)27-12-3-2-4-14(9-12)30(33)34)19(31)28-16-10-13(5-6-17(16)36-22)26-18-15(24)11-25-20(23)29-18/h2-6,9-11H,7-8H2,1H3,(H,27,32)(H,28,31)(H,25,26,29). The number of amides is 2. The average Bonchev–Trinajstić information content (AvgIpc) is 2.82. The summed E-state index contributed by atoms with van der Waals surface area (Å²) in [5.41, 5.74) is -0.589. The lowest BCUT2D eigenvalue weighted by Gasteiger charge is -2.34. The first-order valence-electron chi connectivity index (χ1n) is 10.4. The van der Waals surface area contributed by atoms with Crippen LogP contribution < -0.4 is 20.7 Å². The highest BCUT2D eigenvalue weighted by molar-refractivity contribution is 6.28. The van der Waals surface area contributed by atoms with Crippen molar-refractivity contribution in [3.63, 3.8) is 0 Å². The van der Waals surface area contributed by atoms with Gasteiger partial charge in [-0.1, -0.05) is 6.07 Å². The highest BCUT2D eigenvalue weighted by Crippen LogP contribution is 2.37. The molecule has 4 rings (SSSR count). The Kier molecular flexibility index (Phi) is 6.83. The molecule has 0 aliphatic carbocycles. The molecule has 36 heavy (non-hydrogen) atoms. The molecule has 14 heteroatoms. The second-order valence-corrected chi connectivity index (χ2v) is 8.11. The molecule has 0 spiro atoms. The minimum absolute atomic E-state index is 0.0191. The number of hydrogen-bond donors (Lipinski definition) is 3. The zero-order valence-electron chi connectivity index (χ0n) is 18.6. The predicted octanol–water partition coefficient (Wildman–Crippen LogP) is 4.65. The van der Waals surface area contributed by atoms with Crippen LogP contribution in [0.1, 0.15) is 13.3 Å². The third-order valence-electron chi connectivity index (χ3n) is 5.14. The van der Waals surface area contributed by atoms with E-state index in [1.807, 2.05) is 0 Å². The largest absolute Gasteiger partial charge is 0.475 e. The van der Waals surface area contributed by atoms with Crippen LogP contribution in [0.3, 0.4) is 0 Å². The summed E-state index contributed by atoms with van der Waals surface area (Å²) in [6, 6.07) is 10.1. The molecule has 2 amide bonds. The van der Waals surface area contributed by atoms with Gasteiger partial charge in [-0.3, -0.25) is 20.2 Å². The van der Waals surface area contributed by atoms with E-state index in [1.165, 1.54) is 37.3 Å². The molecule has 2 heterocycles. The van der Waals surface area contributed by atoms with Crippen molar-refractivity contribution in [1.82, 2.24) is 9.97 Å². The van der Waals surface area contributed by atoms with Crippen molar-refractivity contribution in [2.24, 2.45) is 0 Å². The quantitative estimate of drug-likeness (QED) is 0.231. The van der Waals surface area contributed by atoms with Crippen molar-refractivity contribution in [1.29, 1.82) is 0 Å². The summed E-state index contributed by atoms with van der Waals surface area (Å²) in [7, 11) is 0. The lowest BCUT2D eigenvalue weighted by Crippen LogP contribution is -2.49. The molecular weight excluding hydrogens is 499 g/mol. The topological polar surface area (TPSA) is 158 Å². The first kappa shape index (κ1) is 24.6. The molecule has 1 aliphatic rings. The third-order valence-corrected chi connectivity index (χ3v) is 5.32. The first-order valence-corrected chi connectivity index (χ1v) is 10.8. The Labute approximate surface area is 207 Å². The molecule has 1 atom stereocenters. The van der Waals surface area contributed by atoms with Gasteiger partial charge in [0, 0.05) is 24.2 Å². The van der Waals surface area contributed by atoms with E-state index in [-0.39, 0.29) is 35.5 Å². The number of anilines is 4. The monoisotopic (exact) mass is 516 g/mol. The summed E-state index contributed by atoms with van der Waals surface area (Å²) in [5.74, 6) is -0.973. The van der Waals surface area contributed by atoms with E-state index in [1.54, 1.807) is 12.1 Å². The maximum Gasteiger partial charge on any atom is 0.411 e. The van der Waals surface area contributed by atoms with E-state index in [9.17, 15) is 24.1 Å². The van der Waals surface area contributed by atoms with Crippen molar-refractivity contribution in [3.8, 4) is 5.75 Å². The maximum atomic E-state index is 13.9. The van der Waals surface area contributed by atoms with Gasteiger partial charge in [-0.25, -0.2) is 14.2 Å². The van der Waals surface area contributed by atoms with Gasteiger partial charge in [0.05, 0.1) is 29.1 Å². The Hall–Kier alpha value is -4.52. The Morgan fingerprint density at radius 3 is 2.89 bits per heavy atom. The minimum atomic E-state index is -1.35. The van der Waals surface area contributed by atoms with Crippen LogP contribution in [0.4, 0.5) is 37.8 Å². The van der Waals surface area contributed by atoms with E-state index in [0.29, 0.717) is 17.1 Å². The number of rotatable bonds is 7. The van der Waals surface area contributed by atoms with Gasteiger partial charge in [-0.2, -0.15) is 4.98 Å². The highest BCUT2D eigenvalue weighted by atomic mass is 35.5. The summed E-state index contributed by atoms with van der Waals surface area (Å²) in [5, 5.41) is 18.6. The third kappa shape index (κ3) is 5.58. The fourth-order valence-corrected chi connectivity index (χ4v) is 3.40. The normalized spacial score (nSPS) is 16.2. The molecule has 3 aromatic rings. The van der Waals surface area contributed by atoms with Crippen LogP contribution in [0.2, 0.25) is 5.28 Å². The Morgan fingerprint density at radius 1 is 1.31 bits per heavy atom. The molecule has 186 valence electrons. The lowest BCUT2D eigenvalue weighted by molar-refractivity contribution is -0.384. The molecule has 0 fully saturated rings. The fraction of sp³-hybridized carbons (Fsp3) is 0.182. The van der Waals surface area contributed by atoms with Crippen LogP contribution in [0.25, 0.3) is 0 Å². The van der Waals surface area contributed by atoms with Crippen molar-refractivity contribution in [2.45, 2.75) is 18.9 Å². The zero-order chi connectivity index (χ0) is 25.9. The smallest absolute Gasteiger partial charge is 0.411 e. The number of carbonyl (C=O) groups excluding carboxylic acids is 2. The number of nitrogens with one attached hydrogen (secondary N) is 3. The van der Waals surface area contributed by atoms with Crippen LogP contribution in [-0.4, -0.2) is 39.1 Å². The number of nitrogens with zero attached hydrogens (tertiary/aromatic N) is 3. The van der Waals surface area contributed by atoms with Gasteiger partial charge < -0.3 is 20.1 Å². The second kappa shape index (κ2) is 10.00. The molecule has 3 N–H and O–H groups in total. The molecule has 2 aromatic carbocycles. The van der Waals surface area contributed by atoms with Gasteiger partial charge in [0.2, 0.25) is 5.28 Å². The molecule has 0 saturated carbocycles. The average molecular weight is 517 g/mol. The van der Waals surface area contributed by atoms with Crippen molar-refractivity contribution >= 4 is 52.2 Å². The van der Waals surface area contributed by atoms with Gasteiger partial charge in [-0.15, -0.1) is 0 Å². The number of non-ortho nitro benzene ring substituents is 1. The number of ether oxygens (including phenoxy) is 2.